The Kier molecular flexibility index (Phi) is 38.8. The summed E-state index contributed by atoms with van der Waals surface area (Å²) in [6.45, 7) is 3.25. The number of amides is 1. The second-order valence-corrected chi connectivity index (χ2v) is 28.7. The summed E-state index contributed by atoms with van der Waals surface area (Å²) in [7, 11) is 0. The van der Waals surface area contributed by atoms with Gasteiger partial charge in [-0.1, -0.05) is 146 Å². The van der Waals surface area contributed by atoms with Gasteiger partial charge in [-0.05, 0) is 274 Å². The van der Waals surface area contributed by atoms with Crippen LogP contribution in [0, 0.1) is 0 Å². The van der Waals surface area contributed by atoms with E-state index in [1.165, 1.54) is 11.1 Å². The number of hydrogen-bond acceptors (Lipinski definition) is 23. The Morgan fingerprint density at radius 1 is 0.234 bits per heavy atom. The lowest BCUT2D eigenvalue weighted by molar-refractivity contribution is -0.144. The van der Waals surface area contributed by atoms with Gasteiger partial charge in [0.1, 0.15) is 23.9 Å². The molecule has 638 valence electrons. The van der Waals surface area contributed by atoms with Crippen LogP contribution >= 0.6 is 0 Å². The number of rotatable bonds is 27. The topological polar surface area (TPSA) is 489 Å². The van der Waals surface area contributed by atoms with Gasteiger partial charge < -0.3 is 105 Å². The molecule has 0 spiro atoms. The first-order valence-electron chi connectivity index (χ1n) is 39.8. The van der Waals surface area contributed by atoms with Crippen molar-refractivity contribution in [3.05, 3.63) is 406 Å². The molecule has 0 aliphatic carbocycles. The summed E-state index contributed by atoms with van der Waals surface area (Å²) in [5, 5.41) is 11.2. The fourth-order valence-electron chi connectivity index (χ4n) is 11.1. The highest BCUT2D eigenvalue weighted by atomic mass is 16.7. The van der Waals surface area contributed by atoms with Crippen molar-refractivity contribution in [1.82, 2.24) is 5.32 Å². The lowest BCUT2D eigenvalue weighted by Crippen LogP contribution is -2.24. The Hall–Kier alpha value is -16.0. The SMILES string of the molecule is Nc1ccc(CC(=O)Cc2ccc(N)cc2)cc1.Nc1ccc(CCc2ccc(N)cc2)cc1.Nc1ccc(CN=NCc2ccc(N)cc2)cc1.Nc1ccc(CNC(=O)Cc2ccc(N)cc2)cc1.Nc1ccc(COC(=O)Cc2ccc(N)cc2)cc1.Nc1ccc(COCc2ccc(N)cc2)cc1.Nc1ccc(OCOc2ccc(N)cc2)cc1. The van der Waals surface area contributed by atoms with Gasteiger partial charge in [-0.3, -0.25) is 14.4 Å². The van der Waals surface area contributed by atoms with E-state index in [0.717, 1.165) is 120 Å². The van der Waals surface area contributed by atoms with Crippen LogP contribution in [0.3, 0.4) is 0 Å². The van der Waals surface area contributed by atoms with Crippen LogP contribution in [0.1, 0.15) is 66.8 Å². The average molecular weight is 1660 g/mol. The maximum absolute atomic E-state index is 11.9. The molecule has 0 saturated heterocycles. The summed E-state index contributed by atoms with van der Waals surface area (Å²) in [6, 6.07) is 105. The summed E-state index contributed by atoms with van der Waals surface area (Å²) in [5.41, 5.74) is 102. The van der Waals surface area contributed by atoms with Gasteiger partial charge in [0.15, 0.2) is 0 Å². The molecule has 14 rings (SSSR count). The number of anilines is 14. The molecule has 0 radical (unpaired) electrons. The number of ether oxygens (including phenoxy) is 4. The van der Waals surface area contributed by atoms with Crippen LogP contribution in [-0.4, -0.2) is 24.5 Å². The van der Waals surface area contributed by atoms with Crippen molar-refractivity contribution in [2.45, 2.75) is 78.0 Å². The molecule has 0 atom stereocenters. The number of nitrogens with two attached hydrogens (primary N) is 14. The van der Waals surface area contributed by atoms with E-state index >= 15 is 0 Å². The first-order chi connectivity index (χ1) is 59.8. The van der Waals surface area contributed by atoms with E-state index in [-0.39, 0.29) is 37.5 Å². The predicted molar refractivity (Wildman–Crippen MR) is 508 cm³/mol. The van der Waals surface area contributed by atoms with E-state index in [4.69, 9.17) is 99.2 Å². The van der Waals surface area contributed by atoms with Crippen LogP contribution in [0.4, 0.5) is 79.6 Å². The third-order valence-electron chi connectivity index (χ3n) is 18.2. The zero-order chi connectivity index (χ0) is 88.6. The smallest absolute Gasteiger partial charge is 0.310 e. The number of ketones is 1. The zero-order valence-corrected chi connectivity index (χ0v) is 69.4. The number of nitrogens with zero attached hydrogens (tertiary/aromatic N) is 2. The van der Waals surface area contributed by atoms with Crippen molar-refractivity contribution in [3.8, 4) is 11.5 Å². The van der Waals surface area contributed by atoms with Crippen LogP contribution < -0.4 is 95.1 Å². The van der Waals surface area contributed by atoms with Crippen molar-refractivity contribution < 1.29 is 33.3 Å². The van der Waals surface area contributed by atoms with E-state index in [9.17, 15) is 14.4 Å². The molecule has 24 nitrogen and oxygen atoms in total. The highest BCUT2D eigenvalue weighted by Crippen LogP contribution is 2.20. The predicted octanol–water partition coefficient (Wildman–Crippen LogP) is 16.5. The van der Waals surface area contributed by atoms with Gasteiger partial charge in [-0.25, -0.2) is 0 Å². The largest absolute Gasteiger partial charge is 0.461 e. The number of carbonyl (C=O) groups is 3. The lowest BCUT2D eigenvalue weighted by Gasteiger charge is -2.08. The molecule has 24 heteroatoms. The molecule has 0 aliphatic rings. The number of nitrogens with one attached hydrogen (secondary N) is 1. The van der Waals surface area contributed by atoms with Gasteiger partial charge in [0.05, 0.1) is 39.1 Å². The highest BCUT2D eigenvalue weighted by molar-refractivity contribution is 5.83. The fourth-order valence-corrected chi connectivity index (χ4v) is 11.1. The third kappa shape index (κ3) is 38.6. The molecule has 14 aromatic rings. The number of hydrogen-bond donors (Lipinski definition) is 15. The van der Waals surface area contributed by atoms with Crippen LogP contribution in [0.5, 0.6) is 11.5 Å². The number of nitrogen functional groups attached to an aromatic ring is 14. The standard InChI is InChI=1S/C15H17N3O.C15H16N2O2.C15H16N2O.C14H16N4.C14H16N2O.C14H16N2.C13H14N2O2/c16-13-5-1-11(2-6-13)9-15(19)18-10-12-3-7-14(17)8-4-12;16-13-5-1-11(2-6-13)9-15(18)19-10-12-3-7-14(17)8-4-12;16-13-5-1-11(2-6-13)9-15(18)10-12-3-7-14(17)8-4-12;15-13-5-1-11(2-6-13)9-17-18-10-12-3-7-14(16)8-4-12;15-13-5-1-11(2-6-13)9-17-10-12-3-7-14(16)8-4-12;15-13-7-3-11(4-8-13)1-2-12-5-9-14(16)10-6-12;14-10-1-5-12(6-2-10)16-9-17-13-7-3-11(15)4-8-13/h1-8H,9-10,16-17H2,(H,18,19);1-8H,9-10,16-17H2;1-8H,9-10,16-17H2;1-8H,9-10,15-16H2;1-8H,9-10,15-16H2;3-10H,1-2,15-16H2;1-8H,9,14-15H2. The molecule has 0 saturated carbocycles. The van der Waals surface area contributed by atoms with Crippen molar-refractivity contribution in [2.75, 3.05) is 87.1 Å². The van der Waals surface area contributed by atoms with Gasteiger partial charge in [0.2, 0.25) is 12.7 Å². The van der Waals surface area contributed by atoms with Crippen molar-refractivity contribution in [3.63, 3.8) is 0 Å². The van der Waals surface area contributed by atoms with Crippen LogP contribution in [0.2, 0.25) is 0 Å². The van der Waals surface area contributed by atoms with Gasteiger partial charge >= 0.3 is 5.97 Å². The maximum atomic E-state index is 11.9. The number of Topliss-reactive ketones (excluding diaryl/α,β-unsaturated/α-hetero) is 1. The number of azo groups is 1. The van der Waals surface area contributed by atoms with Crippen molar-refractivity contribution in [1.29, 1.82) is 0 Å². The van der Waals surface area contributed by atoms with Gasteiger partial charge in [0.25, 0.3) is 0 Å². The van der Waals surface area contributed by atoms with E-state index in [0.29, 0.717) is 91.9 Å². The summed E-state index contributed by atoms with van der Waals surface area (Å²) < 4.78 is 21.6. The van der Waals surface area contributed by atoms with Crippen molar-refractivity contribution >= 4 is 97.3 Å². The van der Waals surface area contributed by atoms with Crippen molar-refractivity contribution in [2.24, 2.45) is 10.2 Å². The molecule has 0 aromatic heterocycles. The van der Waals surface area contributed by atoms with Crippen LogP contribution in [0.15, 0.2) is 350 Å². The number of carbonyl (C=O) groups excluding carboxylic acids is 3. The second-order valence-electron chi connectivity index (χ2n) is 28.7. The molecule has 29 N–H and O–H groups in total. The summed E-state index contributed by atoms with van der Waals surface area (Å²) >= 11 is 0. The van der Waals surface area contributed by atoms with Crippen LogP contribution in [-0.2, 0) is 102 Å². The monoisotopic (exact) mass is 1660 g/mol. The number of aryl methyl sites for hydroxylation is 2. The molecular weight excluding hydrogens is 1550 g/mol. The van der Waals surface area contributed by atoms with E-state index in [2.05, 4.69) is 39.8 Å². The van der Waals surface area contributed by atoms with E-state index < -0.39 is 0 Å². The van der Waals surface area contributed by atoms with E-state index in [1.54, 1.807) is 84.9 Å². The number of esters is 1. The molecule has 0 aliphatic heterocycles. The van der Waals surface area contributed by atoms with E-state index in [1.807, 2.05) is 231 Å². The zero-order valence-electron chi connectivity index (χ0n) is 69.4. The van der Waals surface area contributed by atoms with Gasteiger partial charge in [-0.15, -0.1) is 0 Å². The lowest BCUT2D eigenvalue weighted by atomic mass is 10.0. The summed E-state index contributed by atoms with van der Waals surface area (Å²) in [6.07, 6.45) is 3.54. The quantitative estimate of drug-likeness (QED) is 0.00984. The summed E-state index contributed by atoms with van der Waals surface area (Å²) in [4.78, 5) is 35.3. The molecule has 124 heavy (non-hydrogen) atoms. The normalized spacial score (nSPS) is 10.3. The average Bonchev–Trinajstić information content (AvgIpc) is 0.807. The van der Waals surface area contributed by atoms with Gasteiger partial charge in [0, 0.05) is 99.0 Å². The first-order valence-corrected chi connectivity index (χ1v) is 39.8. The highest BCUT2D eigenvalue weighted by Gasteiger charge is 2.09. The molecule has 14 aromatic carbocycles. The first kappa shape index (κ1) is 93.5. The van der Waals surface area contributed by atoms with Crippen LogP contribution in [0.25, 0.3) is 0 Å². The molecule has 0 fully saturated rings. The minimum Gasteiger partial charge on any atom is -0.461 e. The Bertz CT molecular complexity index is 5020. The second kappa shape index (κ2) is 51.4. The van der Waals surface area contributed by atoms with Gasteiger partial charge in [-0.2, -0.15) is 10.2 Å². The molecule has 0 bridgehead atoms. The summed E-state index contributed by atoms with van der Waals surface area (Å²) in [5.74, 6) is 1.34. The number of benzene rings is 14. The minimum absolute atomic E-state index is 0.0124. The maximum Gasteiger partial charge on any atom is 0.310 e. The molecule has 0 heterocycles. The Labute approximate surface area is 725 Å². The Balaban J connectivity index is 0.000000180. The molecule has 0 unspecified atom stereocenters. The Morgan fingerprint density at radius 2 is 0.452 bits per heavy atom. The minimum atomic E-state index is -0.262. The molecular formula is C100H111N17O7. The molecule has 1 amide bonds. The third-order valence-corrected chi connectivity index (χ3v) is 18.2. The Morgan fingerprint density at radius 3 is 0.734 bits per heavy atom. The fraction of sp³-hybridized carbons (Fsp3) is 0.130.